The second-order valence-electron chi connectivity index (χ2n) is 4.06. The summed E-state index contributed by atoms with van der Waals surface area (Å²) in [4.78, 5) is 11.9. The number of carbonyl (C=O) groups excluding carboxylic acids is 1. The molecule has 1 aliphatic rings. The van der Waals surface area contributed by atoms with E-state index in [4.69, 9.17) is 4.74 Å². The van der Waals surface area contributed by atoms with Crippen molar-refractivity contribution in [3.05, 3.63) is 23.8 Å². The lowest BCUT2D eigenvalue weighted by Crippen LogP contribution is -2.34. The molecule has 2 unspecified atom stereocenters. The van der Waals surface area contributed by atoms with E-state index in [2.05, 4.69) is 28.2 Å². The number of ether oxygens (including phenoxy) is 1. The fourth-order valence-corrected chi connectivity index (χ4v) is 2.08. The second-order valence-corrected chi connectivity index (χ2v) is 5.63. The molecule has 3 nitrogen and oxygen atoms in total. The molecule has 0 spiro atoms. The van der Waals surface area contributed by atoms with Gasteiger partial charge < -0.3 is 10.1 Å². The number of hydrogen-bond acceptors (Lipinski definition) is 2. The van der Waals surface area contributed by atoms with Gasteiger partial charge in [-0.25, -0.2) is 0 Å². The average molecular weight is 284 g/mol. The number of benzene rings is 1. The Kier molecular flexibility index (Phi) is 3.19. The maximum absolute atomic E-state index is 11.4. The van der Waals surface area contributed by atoms with Gasteiger partial charge in [0.25, 0.3) is 5.91 Å². The number of anilines is 1. The Labute approximate surface area is 103 Å². The molecule has 1 amide bonds. The first kappa shape index (κ1) is 11.5. The standard InChI is InChI=1S/C12H14BrNO2/c1-7(13)5-9-3-4-11-10(6-9)14-12(15)8(2)16-11/h3-4,6-8H,5H2,1-2H3,(H,14,15). The molecule has 1 aromatic carbocycles. The highest BCUT2D eigenvalue weighted by molar-refractivity contribution is 9.09. The molecule has 86 valence electrons. The predicted molar refractivity (Wildman–Crippen MR) is 67.3 cm³/mol. The minimum Gasteiger partial charge on any atom is -0.479 e. The van der Waals surface area contributed by atoms with Crippen LogP contribution in [-0.2, 0) is 11.2 Å². The molecular weight excluding hydrogens is 270 g/mol. The Morgan fingerprint density at radius 1 is 1.56 bits per heavy atom. The van der Waals surface area contributed by atoms with Gasteiger partial charge in [-0.05, 0) is 31.0 Å². The SMILES string of the molecule is CC(Br)Cc1ccc2c(c1)NC(=O)C(C)O2. The summed E-state index contributed by atoms with van der Waals surface area (Å²) in [5.41, 5.74) is 1.95. The molecule has 16 heavy (non-hydrogen) atoms. The zero-order valence-corrected chi connectivity index (χ0v) is 10.9. The molecule has 0 aromatic heterocycles. The van der Waals surface area contributed by atoms with Crippen LogP contribution in [-0.4, -0.2) is 16.8 Å². The van der Waals surface area contributed by atoms with Crippen LogP contribution in [0.15, 0.2) is 18.2 Å². The van der Waals surface area contributed by atoms with Gasteiger partial charge in [-0.3, -0.25) is 4.79 Å². The van der Waals surface area contributed by atoms with Crippen LogP contribution in [0, 0.1) is 0 Å². The third-order valence-corrected chi connectivity index (χ3v) is 2.82. The number of alkyl halides is 1. The van der Waals surface area contributed by atoms with E-state index in [-0.39, 0.29) is 5.91 Å². The molecule has 0 bridgehead atoms. The number of halogens is 1. The molecule has 0 saturated heterocycles. The molecule has 0 radical (unpaired) electrons. The van der Waals surface area contributed by atoms with Gasteiger partial charge in [-0.2, -0.15) is 0 Å². The summed E-state index contributed by atoms with van der Waals surface area (Å²) in [7, 11) is 0. The van der Waals surface area contributed by atoms with Crippen molar-refractivity contribution in [3.8, 4) is 5.75 Å². The monoisotopic (exact) mass is 283 g/mol. The number of fused-ring (bicyclic) bond motifs is 1. The van der Waals surface area contributed by atoms with Gasteiger partial charge in [-0.1, -0.05) is 28.9 Å². The van der Waals surface area contributed by atoms with Crippen molar-refractivity contribution in [2.75, 3.05) is 5.32 Å². The maximum atomic E-state index is 11.4. The summed E-state index contributed by atoms with van der Waals surface area (Å²) in [5, 5.41) is 2.84. The van der Waals surface area contributed by atoms with Crippen LogP contribution in [0.5, 0.6) is 5.75 Å². The Balaban J connectivity index is 2.25. The van der Waals surface area contributed by atoms with E-state index in [1.807, 2.05) is 18.2 Å². The highest BCUT2D eigenvalue weighted by atomic mass is 79.9. The van der Waals surface area contributed by atoms with Gasteiger partial charge in [0, 0.05) is 4.83 Å². The molecule has 1 aromatic rings. The topological polar surface area (TPSA) is 38.3 Å². The van der Waals surface area contributed by atoms with Crippen LogP contribution in [0.25, 0.3) is 0 Å². The van der Waals surface area contributed by atoms with E-state index in [1.165, 1.54) is 5.56 Å². The summed E-state index contributed by atoms with van der Waals surface area (Å²) in [6, 6.07) is 5.91. The fourth-order valence-electron chi connectivity index (χ4n) is 1.71. The zero-order chi connectivity index (χ0) is 11.7. The normalized spacial score (nSPS) is 20.7. The summed E-state index contributed by atoms with van der Waals surface area (Å²) in [6.45, 7) is 3.84. The predicted octanol–water partition coefficient (Wildman–Crippen LogP) is 2.73. The highest BCUT2D eigenvalue weighted by Crippen LogP contribution is 2.31. The molecule has 0 saturated carbocycles. The second kappa shape index (κ2) is 4.45. The lowest BCUT2D eigenvalue weighted by molar-refractivity contribution is -0.122. The van der Waals surface area contributed by atoms with Crippen molar-refractivity contribution in [2.45, 2.75) is 31.2 Å². The number of hydrogen-bond donors (Lipinski definition) is 1. The Hall–Kier alpha value is -1.03. The number of nitrogens with one attached hydrogen (secondary N) is 1. The smallest absolute Gasteiger partial charge is 0.265 e. The van der Waals surface area contributed by atoms with E-state index in [9.17, 15) is 4.79 Å². The van der Waals surface area contributed by atoms with Gasteiger partial charge >= 0.3 is 0 Å². The number of carbonyl (C=O) groups is 1. The summed E-state index contributed by atoms with van der Waals surface area (Å²) >= 11 is 3.51. The van der Waals surface area contributed by atoms with Crippen molar-refractivity contribution in [1.29, 1.82) is 0 Å². The molecule has 2 rings (SSSR count). The van der Waals surface area contributed by atoms with Crippen molar-refractivity contribution in [2.24, 2.45) is 0 Å². The first-order valence-electron chi connectivity index (χ1n) is 5.31. The maximum Gasteiger partial charge on any atom is 0.265 e. The van der Waals surface area contributed by atoms with Crippen molar-refractivity contribution in [1.82, 2.24) is 0 Å². The molecular formula is C12H14BrNO2. The Bertz CT molecular complexity index is 417. The van der Waals surface area contributed by atoms with Crippen LogP contribution >= 0.6 is 15.9 Å². The van der Waals surface area contributed by atoms with Crippen LogP contribution < -0.4 is 10.1 Å². The minimum absolute atomic E-state index is 0.0865. The van der Waals surface area contributed by atoms with Gasteiger partial charge in [0.15, 0.2) is 6.10 Å². The van der Waals surface area contributed by atoms with Crippen LogP contribution in [0.3, 0.4) is 0 Å². The minimum atomic E-state index is -0.409. The quantitative estimate of drug-likeness (QED) is 0.848. The first-order chi connectivity index (χ1) is 7.56. The van der Waals surface area contributed by atoms with Crippen LogP contribution in [0.4, 0.5) is 5.69 Å². The molecule has 1 N–H and O–H groups in total. The van der Waals surface area contributed by atoms with E-state index < -0.39 is 6.10 Å². The fraction of sp³-hybridized carbons (Fsp3) is 0.417. The Morgan fingerprint density at radius 2 is 2.31 bits per heavy atom. The van der Waals surface area contributed by atoms with Gasteiger partial charge in [0.05, 0.1) is 5.69 Å². The molecule has 0 aliphatic carbocycles. The van der Waals surface area contributed by atoms with Crippen molar-refractivity contribution < 1.29 is 9.53 Å². The van der Waals surface area contributed by atoms with Crippen molar-refractivity contribution in [3.63, 3.8) is 0 Å². The zero-order valence-electron chi connectivity index (χ0n) is 9.29. The lowest BCUT2D eigenvalue weighted by Gasteiger charge is -2.23. The Morgan fingerprint density at radius 3 is 3.00 bits per heavy atom. The van der Waals surface area contributed by atoms with Gasteiger partial charge in [0.1, 0.15) is 5.75 Å². The summed E-state index contributed by atoms with van der Waals surface area (Å²) in [6.07, 6.45) is 0.520. The summed E-state index contributed by atoms with van der Waals surface area (Å²) in [5.74, 6) is 0.662. The van der Waals surface area contributed by atoms with E-state index in [0.717, 1.165) is 17.9 Å². The molecule has 1 heterocycles. The largest absolute Gasteiger partial charge is 0.479 e. The molecule has 4 heteroatoms. The van der Waals surface area contributed by atoms with Gasteiger partial charge in [0.2, 0.25) is 0 Å². The lowest BCUT2D eigenvalue weighted by atomic mass is 10.1. The molecule has 2 atom stereocenters. The van der Waals surface area contributed by atoms with E-state index >= 15 is 0 Å². The van der Waals surface area contributed by atoms with Crippen LogP contribution in [0.2, 0.25) is 0 Å². The third kappa shape index (κ3) is 2.38. The van der Waals surface area contributed by atoms with Crippen molar-refractivity contribution >= 4 is 27.5 Å². The summed E-state index contributed by atoms with van der Waals surface area (Å²) < 4.78 is 5.48. The third-order valence-electron chi connectivity index (χ3n) is 2.49. The van der Waals surface area contributed by atoms with E-state index in [1.54, 1.807) is 6.92 Å². The average Bonchev–Trinajstić information content (AvgIpc) is 2.19. The van der Waals surface area contributed by atoms with Gasteiger partial charge in [-0.15, -0.1) is 0 Å². The number of amides is 1. The van der Waals surface area contributed by atoms with E-state index in [0.29, 0.717) is 4.83 Å². The molecule has 0 fully saturated rings. The number of rotatable bonds is 2. The highest BCUT2D eigenvalue weighted by Gasteiger charge is 2.23. The van der Waals surface area contributed by atoms with Crippen LogP contribution in [0.1, 0.15) is 19.4 Å². The first-order valence-corrected chi connectivity index (χ1v) is 6.22. The molecule has 1 aliphatic heterocycles.